The van der Waals surface area contributed by atoms with Gasteiger partial charge in [-0.25, -0.2) is 0 Å². The van der Waals surface area contributed by atoms with Gasteiger partial charge in [-0.05, 0) is 75.0 Å². The molecule has 0 aromatic carbocycles. The Morgan fingerprint density at radius 2 is 1.79 bits per heavy atom. The predicted molar refractivity (Wildman–Crippen MR) is 119 cm³/mol. The smallest absolute Gasteiger partial charge is 0.0578 e. The lowest BCUT2D eigenvalue weighted by Gasteiger charge is -2.51. The summed E-state index contributed by atoms with van der Waals surface area (Å²) in [5.41, 5.74) is 6.08. The first kappa shape index (κ1) is 20.7. The summed E-state index contributed by atoms with van der Waals surface area (Å²) in [7, 11) is 0. The van der Waals surface area contributed by atoms with Crippen LogP contribution >= 0.6 is 0 Å². The van der Waals surface area contributed by atoms with Gasteiger partial charge in [0, 0.05) is 5.41 Å². The third kappa shape index (κ3) is 3.55. The van der Waals surface area contributed by atoms with Crippen LogP contribution in [0.15, 0.2) is 22.8 Å². The summed E-state index contributed by atoms with van der Waals surface area (Å²) in [6.45, 7) is 7.47. The molecule has 0 amide bonds. The van der Waals surface area contributed by atoms with Crippen LogP contribution in [0.1, 0.15) is 117 Å². The average molecular weight is 385 g/mol. The summed E-state index contributed by atoms with van der Waals surface area (Å²) in [6.07, 6.45) is 22.5. The van der Waals surface area contributed by atoms with Crippen molar-refractivity contribution in [1.29, 1.82) is 0 Å². The predicted octanol–water partition coefficient (Wildman–Crippen LogP) is 7.74. The quantitative estimate of drug-likeness (QED) is 0.351. The van der Waals surface area contributed by atoms with Gasteiger partial charge in [0.2, 0.25) is 0 Å². The first-order valence-electron chi connectivity index (χ1n) is 12.6. The molecule has 0 spiro atoms. The minimum Gasteiger partial charge on any atom is -0.393 e. The first-order valence-corrected chi connectivity index (χ1v) is 12.6. The van der Waals surface area contributed by atoms with Crippen LogP contribution in [0.5, 0.6) is 0 Å². The molecule has 0 heterocycles. The Hall–Kier alpha value is -0.560. The van der Waals surface area contributed by atoms with E-state index in [1.54, 1.807) is 5.57 Å². The second kappa shape index (κ2) is 8.29. The van der Waals surface area contributed by atoms with Gasteiger partial charge >= 0.3 is 0 Å². The van der Waals surface area contributed by atoms with Crippen molar-refractivity contribution in [2.45, 2.75) is 123 Å². The molecule has 2 fully saturated rings. The molecule has 0 saturated heterocycles. The number of hydrogen-bond acceptors (Lipinski definition) is 1. The van der Waals surface area contributed by atoms with Gasteiger partial charge < -0.3 is 5.11 Å². The van der Waals surface area contributed by atoms with E-state index in [1.807, 2.05) is 11.1 Å². The zero-order valence-corrected chi connectivity index (χ0v) is 18.9. The number of aliphatic hydroxyl groups excluding tert-OH is 1. The number of fused-ring (bicyclic) bond motifs is 4. The van der Waals surface area contributed by atoms with Gasteiger partial charge in [-0.15, -0.1) is 0 Å². The number of aliphatic hydroxyl groups is 1. The van der Waals surface area contributed by atoms with Crippen LogP contribution in [-0.2, 0) is 0 Å². The van der Waals surface area contributed by atoms with E-state index >= 15 is 0 Å². The number of hydrogen-bond donors (Lipinski definition) is 1. The van der Waals surface area contributed by atoms with Gasteiger partial charge in [-0.3, -0.25) is 0 Å². The molecule has 4 aliphatic carbocycles. The zero-order chi connectivity index (χ0) is 19.8. The molecule has 4 aliphatic rings. The van der Waals surface area contributed by atoms with Crippen molar-refractivity contribution in [3.63, 3.8) is 0 Å². The second-order valence-electron chi connectivity index (χ2n) is 11.1. The lowest BCUT2D eigenvalue weighted by Crippen LogP contribution is -2.41. The van der Waals surface area contributed by atoms with E-state index in [0.717, 1.165) is 24.7 Å². The van der Waals surface area contributed by atoms with Crippen molar-refractivity contribution in [3.05, 3.63) is 22.8 Å². The fraction of sp³-hybridized carbons (Fsp3) is 0.852. The maximum atomic E-state index is 10.2. The minimum absolute atomic E-state index is 0.0940. The molecule has 4 rings (SSSR count). The molecule has 5 unspecified atom stereocenters. The highest BCUT2D eigenvalue weighted by molar-refractivity contribution is 5.43. The van der Waals surface area contributed by atoms with Gasteiger partial charge in [0.1, 0.15) is 0 Å². The Bertz CT molecular complexity index is 628. The summed E-state index contributed by atoms with van der Waals surface area (Å²) in [5, 5.41) is 10.2. The topological polar surface area (TPSA) is 20.2 Å². The lowest BCUT2D eigenvalue weighted by atomic mass is 9.54. The van der Waals surface area contributed by atoms with Crippen molar-refractivity contribution in [3.8, 4) is 0 Å². The molecule has 158 valence electrons. The highest BCUT2D eigenvalue weighted by Crippen LogP contribution is 2.64. The van der Waals surface area contributed by atoms with Gasteiger partial charge in [-0.2, -0.15) is 0 Å². The van der Waals surface area contributed by atoms with Crippen molar-refractivity contribution in [2.24, 2.45) is 22.7 Å². The molecule has 0 aromatic rings. The molecular weight excluding hydrogens is 340 g/mol. The maximum absolute atomic E-state index is 10.2. The molecule has 0 aromatic heterocycles. The lowest BCUT2D eigenvalue weighted by molar-refractivity contribution is 0.103. The van der Waals surface area contributed by atoms with Crippen LogP contribution < -0.4 is 0 Å². The first-order chi connectivity index (χ1) is 13.5. The number of allylic oxidation sites excluding steroid dienone is 3. The van der Waals surface area contributed by atoms with E-state index in [2.05, 4.69) is 26.8 Å². The SMILES string of the molecule is CCCCCCCCC1CCC2C3=C(CCC12C)C1(C)CCC(O)CC1=CC3. The Kier molecular flexibility index (Phi) is 6.13. The molecule has 0 bridgehead atoms. The van der Waals surface area contributed by atoms with Crippen molar-refractivity contribution < 1.29 is 5.11 Å². The molecule has 2 saturated carbocycles. The average Bonchev–Trinajstić information content (AvgIpc) is 3.01. The Labute approximate surface area is 174 Å². The van der Waals surface area contributed by atoms with E-state index in [1.165, 1.54) is 83.5 Å². The van der Waals surface area contributed by atoms with Crippen molar-refractivity contribution in [2.75, 3.05) is 0 Å². The number of rotatable bonds is 7. The van der Waals surface area contributed by atoms with Crippen LogP contribution in [0, 0.1) is 22.7 Å². The van der Waals surface area contributed by atoms with E-state index in [4.69, 9.17) is 0 Å². The third-order valence-corrected chi connectivity index (χ3v) is 9.54. The standard InChI is InChI=1S/C27H44O/c1-4-5-6-7-8-9-10-20-12-14-24-23-13-11-21-19-22(28)15-17-27(21,3)25(23)16-18-26(20,24)2/h11,20,22,24,28H,4-10,12-19H2,1-3H3. The Morgan fingerprint density at radius 1 is 1.00 bits per heavy atom. The Balaban J connectivity index is 1.43. The van der Waals surface area contributed by atoms with Crippen LogP contribution in [0.4, 0.5) is 0 Å². The van der Waals surface area contributed by atoms with Crippen LogP contribution in [-0.4, -0.2) is 11.2 Å². The maximum Gasteiger partial charge on any atom is 0.0578 e. The van der Waals surface area contributed by atoms with Gasteiger partial charge in [0.25, 0.3) is 0 Å². The van der Waals surface area contributed by atoms with E-state index in [0.29, 0.717) is 5.41 Å². The highest BCUT2D eigenvalue weighted by atomic mass is 16.3. The third-order valence-electron chi connectivity index (χ3n) is 9.54. The van der Waals surface area contributed by atoms with Gasteiger partial charge in [-0.1, -0.05) is 82.1 Å². The van der Waals surface area contributed by atoms with Crippen LogP contribution in [0.25, 0.3) is 0 Å². The van der Waals surface area contributed by atoms with Crippen molar-refractivity contribution in [1.82, 2.24) is 0 Å². The molecule has 28 heavy (non-hydrogen) atoms. The molecular formula is C27H44O. The molecule has 5 atom stereocenters. The summed E-state index contributed by atoms with van der Waals surface area (Å²) in [5.74, 6) is 1.81. The second-order valence-corrected chi connectivity index (χ2v) is 11.1. The van der Waals surface area contributed by atoms with Crippen LogP contribution in [0.2, 0.25) is 0 Å². The van der Waals surface area contributed by atoms with Crippen LogP contribution in [0.3, 0.4) is 0 Å². The fourth-order valence-electron chi connectivity index (χ4n) is 7.65. The van der Waals surface area contributed by atoms with E-state index in [9.17, 15) is 5.11 Å². The summed E-state index contributed by atoms with van der Waals surface area (Å²) in [4.78, 5) is 0. The monoisotopic (exact) mass is 384 g/mol. The summed E-state index contributed by atoms with van der Waals surface area (Å²) in [6, 6.07) is 0. The fourth-order valence-corrected chi connectivity index (χ4v) is 7.65. The molecule has 1 N–H and O–H groups in total. The number of unbranched alkanes of at least 4 members (excludes halogenated alkanes) is 5. The van der Waals surface area contributed by atoms with E-state index < -0.39 is 0 Å². The molecule has 0 radical (unpaired) electrons. The van der Waals surface area contributed by atoms with Crippen molar-refractivity contribution >= 4 is 0 Å². The van der Waals surface area contributed by atoms with Gasteiger partial charge in [0.05, 0.1) is 6.10 Å². The van der Waals surface area contributed by atoms with E-state index in [-0.39, 0.29) is 11.5 Å². The highest BCUT2D eigenvalue weighted by Gasteiger charge is 2.53. The summed E-state index contributed by atoms with van der Waals surface area (Å²) < 4.78 is 0. The largest absolute Gasteiger partial charge is 0.393 e. The normalized spacial score (nSPS) is 40.0. The Morgan fingerprint density at radius 3 is 2.61 bits per heavy atom. The molecule has 1 heteroatoms. The zero-order valence-electron chi connectivity index (χ0n) is 18.9. The molecule has 1 nitrogen and oxygen atoms in total. The van der Waals surface area contributed by atoms with Gasteiger partial charge in [0.15, 0.2) is 0 Å². The summed E-state index contributed by atoms with van der Waals surface area (Å²) >= 11 is 0. The minimum atomic E-state index is -0.0940. The molecule has 0 aliphatic heterocycles.